The Morgan fingerprint density at radius 3 is 2.23 bits per heavy atom. The molecule has 0 spiro atoms. The topological polar surface area (TPSA) is 66.8 Å². The SMILES string of the molecule is Cc1c(O)c(O)cc(C(C)(C)C)c1OC(=O)c1ccccc1. The summed E-state index contributed by atoms with van der Waals surface area (Å²) in [6, 6.07) is 10.1. The summed E-state index contributed by atoms with van der Waals surface area (Å²) in [4.78, 5) is 12.3. The minimum absolute atomic E-state index is 0.220. The zero-order valence-corrected chi connectivity index (χ0v) is 13.2. The maximum atomic E-state index is 12.3. The Morgan fingerprint density at radius 2 is 1.68 bits per heavy atom. The summed E-state index contributed by atoms with van der Waals surface area (Å²) in [5, 5.41) is 19.7. The average Bonchev–Trinajstić information content (AvgIpc) is 2.47. The van der Waals surface area contributed by atoms with E-state index < -0.39 is 5.97 Å². The smallest absolute Gasteiger partial charge is 0.343 e. The van der Waals surface area contributed by atoms with Gasteiger partial charge in [-0.25, -0.2) is 4.79 Å². The molecule has 0 heterocycles. The first-order chi connectivity index (χ1) is 10.2. The zero-order chi connectivity index (χ0) is 16.5. The van der Waals surface area contributed by atoms with Crippen LogP contribution < -0.4 is 4.74 Å². The van der Waals surface area contributed by atoms with Gasteiger partial charge in [-0.3, -0.25) is 0 Å². The number of esters is 1. The van der Waals surface area contributed by atoms with Crippen molar-refractivity contribution in [2.24, 2.45) is 0 Å². The number of aromatic hydroxyl groups is 2. The molecule has 2 aromatic rings. The highest BCUT2D eigenvalue weighted by Gasteiger charge is 2.26. The lowest BCUT2D eigenvalue weighted by molar-refractivity contribution is 0.0730. The van der Waals surface area contributed by atoms with Gasteiger partial charge in [-0.1, -0.05) is 39.0 Å². The van der Waals surface area contributed by atoms with Crippen LogP contribution in [0.5, 0.6) is 17.2 Å². The highest BCUT2D eigenvalue weighted by molar-refractivity contribution is 5.91. The molecule has 0 atom stereocenters. The summed E-state index contributed by atoms with van der Waals surface area (Å²) in [6.45, 7) is 7.44. The minimum atomic E-state index is -0.501. The second-order valence-corrected chi connectivity index (χ2v) is 6.25. The standard InChI is InChI=1S/C18H20O4/c1-11-15(20)14(19)10-13(18(2,3)4)16(11)22-17(21)12-8-6-5-7-9-12/h5-10,19-20H,1-4H3. The number of ether oxygens (including phenoxy) is 1. The summed E-state index contributed by atoms with van der Waals surface area (Å²) < 4.78 is 5.51. The average molecular weight is 300 g/mol. The number of rotatable bonds is 2. The molecule has 0 aliphatic carbocycles. The van der Waals surface area contributed by atoms with E-state index in [-0.39, 0.29) is 22.7 Å². The number of hydrogen-bond acceptors (Lipinski definition) is 4. The zero-order valence-electron chi connectivity index (χ0n) is 13.2. The van der Waals surface area contributed by atoms with Crippen molar-refractivity contribution in [3.63, 3.8) is 0 Å². The van der Waals surface area contributed by atoms with Crippen molar-refractivity contribution in [1.82, 2.24) is 0 Å². The van der Waals surface area contributed by atoms with E-state index in [1.54, 1.807) is 31.2 Å². The van der Waals surface area contributed by atoms with E-state index in [1.807, 2.05) is 26.8 Å². The Kier molecular flexibility index (Phi) is 4.13. The lowest BCUT2D eigenvalue weighted by atomic mass is 9.85. The van der Waals surface area contributed by atoms with Crippen molar-refractivity contribution in [2.75, 3.05) is 0 Å². The van der Waals surface area contributed by atoms with E-state index in [0.29, 0.717) is 16.7 Å². The summed E-state index contributed by atoms with van der Waals surface area (Å²) >= 11 is 0. The van der Waals surface area contributed by atoms with Crippen LogP contribution in [-0.4, -0.2) is 16.2 Å². The van der Waals surface area contributed by atoms with Gasteiger partial charge < -0.3 is 14.9 Å². The predicted molar refractivity (Wildman–Crippen MR) is 84.6 cm³/mol. The van der Waals surface area contributed by atoms with Crippen molar-refractivity contribution in [3.8, 4) is 17.2 Å². The monoisotopic (exact) mass is 300 g/mol. The molecule has 0 saturated carbocycles. The second-order valence-electron chi connectivity index (χ2n) is 6.25. The summed E-state index contributed by atoms with van der Waals surface area (Å²) in [7, 11) is 0. The molecule has 0 aromatic heterocycles. The van der Waals surface area contributed by atoms with Gasteiger partial charge in [-0.15, -0.1) is 0 Å². The molecule has 2 rings (SSSR count). The third-order valence-corrected chi connectivity index (χ3v) is 3.48. The van der Waals surface area contributed by atoms with Gasteiger partial charge in [-0.05, 0) is 30.5 Å². The van der Waals surface area contributed by atoms with Crippen LogP contribution in [0.4, 0.5) is 0 Å². The maximum Gasteiger partial charge on any atom is 0.343 e. The molecule has 0 aliphatic rings. The Bertz CT molecular complexity index is 697. The van der Waals surface area contributed by atoms with Crippen molar-refractivity contribution in [2.45, 2.75) is 33.1 Å². The molecule has 0 saturated heterocycles. The third kappa shape index (κ3) is 3.06. The molecule has 4 nitrogen and oxygen atoms in total. The molecule has 4 heteroatoms. The molecule has 0 bridgehead atoms. The van der Waals surface area contributed by atoms with E-state index >= 15 is 0 Å². The van der Waals surface area contributed by atoms with Crippen LogP contribution in [0.3, 0.4) is 0 Å². The van der Waals surface area contributed by atoms with Crippen molar-refractivity contribution in [1.29, 1.82) is 0 Å². The molecule has 0 fully saturated rings. The fraction of sp³-hybridized carbons (Fsp3) is 0.278. The molecule has 22 heavy (non-hydrogen) atoms. The quantitative estimate of drug-likeness (QED) is 0.501. The molecule has 0 unspecified atom stereocenters. The molecule has 0 aliphatic heterocycles. The van der Waals surface area contributed by atoms with E-state index in [9.17, 15) is 15.0 Å². The lowest BCUT2D eigenvalue weighted by Gasteiger charge is -2.24. The van der Waals surface area contributed by atoms with Gasteiger partial charge in [0, 0.05) is 11.1 Å². The summed E-state index contributed by atoms with van der Waals surface area (Å²) in [6.07, 6.45) is 0. The number of hydrogen-bond donors (Lipinski definition) is 2. The summed E-state index contributed by atoms with van der Waals surface area (Å²) in [5.74, 6) is -0.707. The van der Waals surface area contributed by atoms with Gasteiger partial charge in [0.15, 0.2) is 11.5 Å². The van der Waals surface area contributed by atoms with Crippen LogP contribution in [0, 0.1) is 6.92 Å². The normalized spacial score (nSPS) is 11.3. The molecule has 0 radical (unpaired) electrons. The van der Waals surface area contributed by atoms with E-state index in [1.165, 1.54) is 6.07 Å². The number of phenols is 2. The van der Waals surface area contributed by atoms with Crippen LogP contribution >= 0.6 is 0 Å². The van der Waals surface area contributed by atoms with Crippen molar-refractivity contribution in [3.05, 3.63) is 53.1 Å². The van der Waals surface area contributed by atoms with E-state index in [4.69, 9.17) is 4.74 Å². The number of carbonyl (C=O) groups excluding carboxylic acids is 1. The Labute approximate surface area is 130 Å². The molecule has 116 valence electrons. The fourth-order valence-corrected chi connectivity index (χ4v) is 2.19. The van der Waals surface area contributed by atoms with Gasteiger partial charge in [0.25, 0.3) is 0 Å². The highest BCUT2D eigenvalue weighted by Crippen LogP contribution is 2.43. The molecular weight excluding hydrogens is 280 g/mol. The molecule has 2 aromatic carbocycles. The largest absolute Gasteiger partial charge is 0.504 e. The Balaban J connectivity index is 2.50. The molecule has 2 N–H and O–H groups in total. The molecule has 0 amide bonds. The summed E-state index contributed by atoms with van der Waals surface area (Å²) in [5.41, 5.74) is 1.07. The van der Waals surface area contributed by atoms with Gasteiger partial charge >= 0.3 is 5.97 Å². The first kappa shape index (κ1) is 15.9. The van der Waals surface area contributed by atoms with Crippen LogP contribution in [0.25, 0.3) is 0 Å². The first-order valence-corrected chi connectivity index (χ1v) is 7.05. The lowest BCUT2D eigenvalue weighted by Crippen LogP contribution is -2.17. The number of carbonyl (C=O) groups is 1. The van der Waals surface area contributed by atoms with Crippen LogP contribution in [0.1, 0.15) is 42.3 Å². The van der Waals surface area contributed by atoms with Crippen LogP contribution in [0.15, 0.2) is 36.4 Å². The molecular formula is C18H20O4. The van der Waals surface area contributed by atoms with Gasteiger partial charge in [-0.2, -0.15) is 0 Å². The van der Waals surface area contributed by atoms with Gasteiger partial charge in [0.05, 0.1) is 5.56 Å². The van der Waals surface area contributed by atoms with Crippen LogP contribution in [0.2, 0.25) is 0 Å². The predicted octanol–water partition coefficient (Wildman–Crippen LogP) is 3.92. The number of phenolic OH excluding ortho intramolecular Hbond substituents is 2. The first-order valence-electron chi connectivity index (χ1n) is 7.05. The van der Waals surface area contributed by atoms with Gasteiger partial charge in [0.2, 0.25) is 0 Å². The maximum absolute atomic E-state index is 12.3. The van der Waals surface area contributed by atoms with E-state index in [2.05, 4.69) is 0 Å². The van der Waals surface area contributed by atoms with Gasteiger partial charge in [0.1, 0.15) is 5.75 Å². The Morgan fingerprint density at radius 1 is 1.09 bits per heavy atom. The highest BCUT2D eigenvalue weighted by atomic mass is 16.5. The third-order valence-electron chi connectivity index (χ3n) is 3.48. The number of benzene rings is 2. The van der Waals surface area contributed by atoms with E-state index in [0.717, 1.165) is 0 Å². The second kappa shape index (κ2) is 5.72. The minimum Gasteiger partial charge on any atom is -0.504 e. The van der Waals surface area contributed by atoms with Crippen molar-refractivity contribution >= 4 is 5.97 Å². The fourth-order valence-electron chi connectivity index (χ4n) is 2.19. The Hall–Kier alpha value is -2.49. The van der Waals surface area contributed by atoms with Crippen molar-refractivity contribution < 1.29 is 19.7 Å². The van der Waals surface area contributed by atoms with Crippen LogP contribution in [-0.2, 0) is 5.41 Å².